The number of thiazole rings is 1. The average molecular weight is 296 g/mol. The molecule has 0 amide bonds. The lowest BCUT2D eigenvalue weighted by atomic mass is 10.2. The molecule has 0 saturated carbocycles. The van der Waals surface area contributed by atoms with Crippen LogP contribution in [0, 0.1) is 0 Å². The Morgan fingerprint density at radius 2 is 2.16 bits per heavy atom. The Kier molecular flexibility index (Phi) is 4.66. The van der Waals surface area contributed by atoms with E-state index in [1.54, 1.807) is 11.3 Å². The first kappa shape index (κ1) is 14.2. The normalized spacial score (nSPS) is 10.5. The van der Waals surface area contributed by atoms with Gasteiger partial charge in [-0.05, 0) is 18.6 Å². The molecule has 0 atom stereocenters. The number of nitrogens with one attached hydrogen (secondary N) is 1. The molecule has 0 aliphatic heterocycles. The molecule has 0 aliphatic carbocycles. The van der Waals surface area contributed by atoms with Crippen molar-refractivity contribution in [2.45, 2.75) is 19.9 Å². The predicted octanol–water partition coefficient (Wildman–Crippen LogP) is 4.04. The topological polar surface area (TPSA) is 28.2 Å². The molecule has 1 aromatic carbocycles. The number of nitrogens with zero attached hydrogens (tertiary/aromatic N) is 2. The van der Waals surface area contributed by atoms with E-state index in [0.29, 0.717) is 0 Å². The monoisotopic (exact) mass is 295 g/mol. The van der Waals surface area contributed by atoms with Crippen molar-refractivity contribution < 1.29 is 0 Å². The molecule has 0 unspecified atom stereocenters. The number of rotatable bonds is 5. The lowest BCUT2D eigenvalue weighted by Crippen LogP contribution is -2.12. The summed E-state index contributed by atoms with van der Waals surface area (Å²) in [5.41, 5.74) is 2.06. The fourth-order valence-corrected chi connectivity index (χ4v) is 3.03. The highest BCUT2D eigenvalue weighted by Gasteiger charge is 2.09. The second-order valence-electron chi connectivity index (χ2n) is 4.46. The van der Waals surface area contributed by atoms with E-state index < -0.39 is 0 Å². The largest absolute Gasteiger partial charge is 0.378 e. The zero-order valence-electron chi connectivity index (χ0n) is 11.4. The van der Waals surface area contributed by atoms with Gasteiger partial charge < -0.3 is 10.2 Å². The average Bonchev–Trinajstić information content (AvgIpc) is 2.83. The zero-order valence-corrected chi connectivity index (χ0v) is 13.0. The highest BCUT2D eigenvalue weighted by Crippen LogP contribution is 2.32. The van der Waals surface area contributed by atoms with Crippen LogP contribution in [0.4, 0.5) is 11.4 Å². The minimum atomic E-state index is 0.758. The van der Waals surface area contributed by atoms with Crippen molar-refractivity contribution in [1.82, 2.24) is 4.98 Å². The van der Waals surface area contributed by atoms with Gasteiger partial charge in [-0.15, -0.1) is 11.3 Å². The number of anilines is 2. The van der Waals surface area contributed by atoms with Gasteiger partial charge in [0, 0.05) is 25.2 Å². The molecule has 3 nitrogen and oxygen atoms in total. The van der Waals surface area contributed by atoms with E-state index in [1.807, 2.05) is 43.4 Å². The van der Waals surface area contributed by atoms with E-state index in [0.717, 1.165) is 29.4 Å². The quantitative estimate of drug-likeness (QED) is 0.902. The lowest BCUT2D eigenvalue weighted by Gasteiger charge is -2.19. The Labute approximate surface area is 123 Å². The first-order valence-corrected chi connectivity index (χ1v) is 7.44. The smallest absolute Gasteiger partial charge is 0.0925 e. The Morgan fingerprint density at radius 3 is 2.79 bits per heavy atom. The van der Waals surface area contributed by atoms with Gasteiger partial charge in [-0.2, -0.15) is 0 Å². The number of benzene rings is 1. The zero-order chi connectivity index (χ0) is 13.8. The summed E-state index contributed by atoms with van der Waals surface area (Å²) < 4.78 is 0. The van der Waals surface area contributed by atoms with Crippen LogP contribution in [-0.4, -0.2) is 19.1 Å². The van der Waals surface area contributed by atoms with Crippen molar-refractivity contribution in [1.29, 1.82) is 0 Å². The Morgan fingerprint density at radius 1 is 1.37 bits per heavy atom. The van der Waals surface area contributed by atoms with Crippen LogP contribution in [0.15, 0.2) is 24.4 Å². The van der Waals surface area contributed by atoms with Gasteiger partial charge in [0.05, 0.1) is 27.9 Å². The fourth-order valence-electron chi connectivity index (χ4n) is 1.89. The lowest BCUT2D eigenvalue weighted by molar-refractivity contribution is 1.08. The van der Waals surface area contributed by atoms with Crippen LogP contribution in [-0.2, 0) is 13.0 Å². The van der Waals surface area contributed by atoms with Crippen molar-refractivity contribution in [2.24, 2.45) is 0 Å². The SMILES string of the molecule is CCc1ncc(CNc2cccc(Cl)c2N(C)C)s1. The Balaban J connectivity index is 2.13. The Hall–Kier alpha value is -1.26. The molecule has 2 rings (SSSR count). The van der Waals surface area contributed by atoms with Crippen molar-refractivity contribution >= 4 is 34.3 Å². The molecule has 1 aromatic heterocycles. The second-order valence-corrected chi connectivity index (χ2v) is 6.06. The minimum Gasteiger partial charge on any atom is -0.378 e. The van der Waals surface area contributed by atoms with Gasteiger partial charge in [0.15, 0.2) is 0 Å². The Bertz CT molecular complexity index is 551. The number of aryl methyl sites for hydroxylation is 1. The van der Waals surface area contributed by atoms with Gasteiger partial charge in [-0.1, -0.05) is 24.6 Å². The van der Waals surface area contributed by atoms with Crippen LogP contribution in [0.2, 0.25) is 5.02 Å². The third-order valence-corrected chi connectivity index (χ3v) is 4.24. The van der Waals surface area contributed by atoms with E-state index >= 15 is 0 Å². The molecule has 0 spiro atoms. The molecule has 102 valence electrons. The summed E-state index contributed by atoms with van der Waals surface area (Å²) >= 11 is 7.99. The summed E-state index contributed by atoms with van der Waals surface area (Å²) in [6.07, 6.45) is 2.93. The van der Waals surface area contributed by atoms with Gasteiger partial charge in [-0.25, -0.2) is 4.98 Å². The molecule has 0 fully saturated rings. The van der Waals surface area contributed by atoms with Crippen LogP contribution in [0.3, 0.4) is 0 Å². The van der Waals surface area contributed by atoms with Crippen LogP contribution in [0.1, 0.15) is 16.8 Å². The van der Waals surface area contributed by atoms with Gasteiger partial charge in [0.2, 0.25) is 0 Å². The first-order valence-electron chi connectivity index (χ1n) is 6.25. The fraction of sp³-hybridized carbons (Fsp3) is 0.357. The summed E-state index contributed by atoms with van der Waals surface area (Å²) in [6, 6.07) is 5.91. The van der Waals surface area contributed by atoms with Crippen LogP contribution >= 0.6 is 22.9 Å². The van der Waals surface area contributed by atoms with Crippen molar-refractivity contribution in [3.63, 3.8) is 0 Å². The van der Waals surface area contributed by atoms with E-state index in [1.165, 1.54) is 9.88 Å². The maximum atomic E-state index is 6.24. The highest BCUT2D eigenvalue weighted by atomic mass is 35.5. The van der Waals surface area contributed by atoms with E-state index in [-0.39, 0.29) is 0 Å². The standard InChI is InChI=1S/C14H18ClN3S/c1-4-13-17-9-10(19-13)8-16-12-7-5-6-11(15)14(12)18(2)3/h5-7,9,16H,4,8H2,1-3H3. The molecule has 5 heteroatoms. The van der Waals surface area contributed by atoms with Crippen molar-refractivity contribution in [2.75, 3.05) is 24.3 Å². The molecule has 0 radical (unpaired) electrons. The summed E-state index contributed by atoms with van der Waals surface area (Å²) in [5.74, 6) is 0. The highest BCUT2D eigenvalue weighted by molar-refractivity contribution is 7.11. The van der Waals surface area contributed by atoms with Gasteiger partial charge >= 0.3 is 0 Å². The van der Waals surface area contributed by atoms with Gasteiger partial charge in [0.1, 0.15) is 0 Å². The minimum absolute atomic E-state index is 0.758. The summed E-state index contributed by atoms with van der Waals surface area (Å²) in [5, 5.41) is 5.37. The molecule has 0 aliphatic rings. The number of hydrogen-bond acceptors (Lipinski definition) is 4. The van der Waals surface area contributed by atoms with E-state index in [2.05, 4.69) is 17.2 Å². The van der Waals surface area contributed by atoms with Crippen molar-refractivity contribution in [3.05, 3.63) is 39.3 Å². The predicted molar refractivity (Wildman–Crippen MR) is 84.6 cm³/mol. The van der Waals surface area contributed by atoms with E-state index in [4.69, 9.17) is 11.6 Å². The molecule has 1 heterocycles. The maximum Gasteiger partial charge on any atom is 0.0925 e. The molecule has 0 saturated heterocycles. The number of aromatic nitrogens is 1. The maximum absolute atomic E-state index is 6.24. The van der Waals surface area contributed by atoms with Gasteiger partial charge in [0.25, 0.3) is 0 Å². The number of hydrogen-bond donors (Lipinski definition) is 1. The van der Waals surface area contributed by atoms with Gasteiger partial charge in [-0.3, -0.25) is 0 Å². The first-order chi connectivity index (χ1) is 9.11. The molecule has 2 aromatic rings. The summed E-state index contributed by atoms with van der Waals surface area (Å²) in [7, 11) is 3.99. The molecule has 19 heavy (non-hydrogen) atoms. The van der Waals surface area contributed by atoms with E-state index in [9.17, 15) is 0 Å². The number of halogens is 1. The molecular formula is C14H18ClN3S. The number of para-hydroxylation sites is 1. The third-order valence-electron chi connectivity index (χ3n) is 2.79. The van der Waals surface area contributed by atoms with Crippen LogP contribution < -0.4 is 10.2 Å². The summed E-state index contributed by atoms with van der Waals surface area (Å²) in [4.78, 5) is 7.62. The third kappa shape index (κ3) is 3.39. The molecule has 1 N–H and O–H groups in total. The van der Waals surface area contributed by atoms with Crippen molar-refractivity contribution in [3.8, 4) is 0 Å². The van der Waals surface area contributed by atoms with Crippen LogP contribution in [0.25, 0.3) is 0 Å². The molecular weight excluding hydrogens is 278 g/mol. The second kappa shape index (κ2) is 6.26. The summed E-state index contributed by atoms with van der Waals surface area (Å²) in [6.45, 7) is 2.90. The molecule has 0 bridgehead atoms. The van der Waals surface area contributed by atoms with Crippen LogP contribution in [0.5, 0.6) is 0 Å².